The Hall–Kier alpha value is -2.16. The lowest BCUT2D eigenvalue weighted by molar-refractivity contribution is -0.137. The van der Waals surface area contributed by atoms with Gasteiger partial charge >= 0.3 is 18.0 Å². The van der Waals surface area contributed by atoms with Crippen LogP contribution in [0, 0.1) is 5.82 Å². The van der Waals surface area contributed by atoms with Gasteiger partial charge in [-0.25, -0.2) is 4.39 Å². The summed E-state index contributed by atoms with van der Waals surface area (Å²) in [5, 5.41) is 12.9. The Balaban J connectivity index is 2.82. The zero-order valence-corrected chi connectivity index (χ0v) is 12.2. The number of aliphatic hydroxyl groups excluding tert-OH is 1. The van der Waals surface area contributed by atoms with Crippen LogP contribution in [-0.2, 0) is 15.8 Å². The molecule has 1 unspecified atom stereocenters. The lowest BCUT2D eigenvalue weighted by Gasteiger charge is -2.15. The summed E-state index contributed by atoms with van der Waals surface area (Å²) in [4.78, 5) is 23.3. The Bertz CT molecular complexity index is 576. The van der Waals surface area contributed by atoms with E-state index in [1.54, 1.807) is 12.2 Å². The summed E-state index contributed by atoms with van der Waals surface area (Å²) in [5.74, 6) is -3.51. The summed E-state index contributed by atoms with van der Waals surface area (Å²) in [5.41, 5.74) is -1.89. The average molecular weight is 336 g/mol. The molecule has 9 heteroatoms. The van der Waals surface area contributed by atoms with Crippen molar-refractivity contribution in [1.82, 2.24) is 5.32 Å². The predicted octanol–water partition coefficient (Wildman–Crippen LogP) is 2.06. The minimum absolute atomic E-state index is 0.206. The van der Waals surface area contributed by atoms with Gasteiger partial charge in [-0.15, -0.1) is 0 Å². The van der Waals surface area contributed by atoms with Crippen molar-refractivity contribution in [2.45, 2.75) is 32.0 Å². The highest BCUT2D eigenvalue weighted by molar-refractivity contribution is 6.39. The smallest absolute Gasteiger partial charge is 0.396 e. The number of rotatable bonds is 5. The first kappa shape index (κ1) is 18.9. The number of hydrogen-bond donors (Lipinski definition) is 3. The average Bonchev–Trinajstić information content (AvgIpc) is 2.47. The molecule has 1 rings (SSSR count). The molecule has 3 N–H and O–H groups in total. The zero-order chi connectivity index (χ0) is 17.6. The quantitative estimate of drug-likeness (QED) is 0.569. The highest BCUT2D eigenvalue weighted by Gasteiger charge is 2.31. The van der Waals surface area contributed by atoms with Gasteiger partial charge in [0.2, 0.25) is 0 Å². The topological polar surface area (TPSA) is 78.4 Å². The third-order valence-corrected chi connectivity index (χ3v) is 3.05. The second-order valence-corrected chi connectivity index (χ2v) is 4.74. The van der Waals surface area contributed by atoms with Crippen LogP contribution in [0.15, 0.2) is 18.2 Å². The highest BCUT2D eigenvalue weighted by atomic mass is 19.4. The number of aliphatic hydroxyl groups is 1. The van der Waals surface area contributed by atoms with Crippen molar-refractivity contribution in [2.75, 3.05) is 11.9 Å². The van der Waals surface area contributed by atoms with Gasteiger partial charge in [-0.05, 0) is 31.0 Å². The lowest BCUT2D eigenvalue weighted by atomic mass is 10.1. The Morgan fingerprint density at radius 2 is 1.91 bits per heavy atom. The third-order valence-electron chi connectivity index (χ3n) is 3.05. The SMILES string of the molecule is CCC(CCO)NC(=O)C(=O)Nc1cc(C(F)(F)F)ccc1F. The molecule has 1 aromatic rings. The maximum absolute atomic E-state index is 13.5. The number of benzene rings is 1. The minimum atomic E-state index is -4.70. The van der Waals surface area contributed by atoms with Crippen LogP contribution in [0.4, 0.5) is 23.2 Å². The number of anilines is 1. The number of carbonyl (C=O) groups is 2. The molecule has 5 nitrogen and oxygen atoms in total. The molecule has 128 valence electrons. The van der Waals surface area contributed by atoms with Crippen LogP contribution in [-0.4, -0.2) is 29.6 Å². The monoisotopic (exact) mass is 336 g/mol. The number of nitrogens with one attached hydrogen (secondary N) is 2. The van der Waals surface area contributed by atoms with Gasteiger partial charge in [0.1, 0.15) is 5.82 Å². The molecule has 1 atom stereocenters. The summed E-state index contributed by atoms with van der Waals surface area (Å²) < 4.78 is 51.2. The summed E-state index contributed by atoms with van der Waals surface area (Å²) in [6.07, 6.45) is -4.05. The highest BCUT2D eigenvalue weighted by Crippen LogP contribution is 2.31. The van der Waals surface area contributed by atoms with Gasteiger partial charge in [0.05, 0.1) is 11.3 Å². The van der Waals surface area contributed by atoms with Crippen molar-refractivity contribution in [1.29, 1.82) is 0 Å². The number of carbonyl (C=O) groups excluding carboxylic acids is 2. The minimum Gasteiger partial charge on any atom is -0.396 e. The fourth-order valence-corrected chi connectivity index (χ4v) is 1.76. The molecule has 0 spiro atoms. The van der Waals surface area contributed by atoms with Crippen molar-refractivity contribution < 1.29 is 32.3 Å². The van der Waals surface area contributed by atoms with Crippen LogP contribution >= 0.6 is 0 Å². The zero-order valence-electron chi connectivity index (χ0n) is 12.2. The van der Waals surface area contributed by atoms with Gasteiger partial charge in [-0.2, -0.15) is 13.2 Å². The molecule has 23 heavy (non-hydrogen) atoms. The van der Waals surface area contributed by atoms with E-state index in [0.717, 1.165) is 0 Å². The van der Waals surface area contributed by atoms with Crippen molar-refractivity contribution in [3.05, 3.63) is 29.6 Å². The second kappa shape index (κ2) is 7.91. The van der Waals surface area contributed by atoms with Crippen molar-refractivity contribution in [3.63, 3.8) is 0 Å². The first-order valence-corrected chi connectivity index (χ1v) is 6.78. The first-order valence-electron chi connectivity index (χ1n) is 6.78. The van der Waals surface area contributed by atoms with E-state index in [9.17, 15) is 27.2 Å². The Labute approximate surface area is 129 Å². The number of alkyl halides is 3. The van der Waals surface area contributed by atoms with Crippen LogP contribution in [0.5, 0.6) is 0 Å². The molecule has 0 aliphatic heterocycles. The Morgan fingerprint density at radius 1 is 1.26 bits per heavy atom. The molecule has 0 aliphatic rings. The van der Waals surface area contributed by atoms with Crippen LogP contribution in [0.2, 0.25) is 0 Å². The molecule has 2 amide bonds. The fraction of sp³-hybridized carbons (Fsp3) is 0.429. The van der Waals surface area contributed by atoms with Gasteiger partial charge in [-0.1, -0.05) is 6.92 Å². The molecule has 0 aliphatic carbocycles. The van der Waals surface area contributed by atoms with E-state index >= 15 is 0 Å². The lowest BCUT2D eigenvalue weighted by Crippen LogP contribution is -2.42. The Kier molecular flexibility index (Phi) is 6.49. The standard InChI is InChI=1S/C14H16F4N2O3/c1-2-9(5-6-21)19-12(22)13(23)20-11-7-8(14(16,17)18)3-4-10(11)15/h3-4,7,9,21H,2,5-6H2,1H3,(H,19,22)(H,20,23). The van der Waals surface area contributed by atoms with Gasteiger partial charge in [0.15, 0.2) is 0 Å². The summed E-state index contributed by atoms with van der Waals surface area (Å²) in [6, 6.07) is 1.02. The third kappa shape index (κ3) is 5.51. The van der Waals surface area contributed by atoms with Crippen LogP contribution in [0.25, 0.3) is 0 Å². The van der Waals surface area contributed by atoms with Crippen LogP contribution in [0.1, 0.15) is 25.3 Å². The van der Waals surface area contributed by atoms with Crippen molar-refractivity contribution >= 4 is 17.5 Å². The van der Waals surface area contributed by atoms with Crippen LogP contribution in [0.3, 0.4) is 0 Å². The molecule has 0 saturated carbocycles. The summed E-state index contributed by atoms with van der Waals surface area (Å²) in [6.45, 7) is 1.51. The van der Waals surface area contributed by atoms with E-state index in [2.05, 4.69) is 5.32 Å². The molecule has 0 aromatic heterocycles. The molecule has 1 aromatic carbocycles. The maximum atomic E-state index is 13.5. The molecule has 0 saturated heterocycles. The Morgan fingerprint density at radius 3 is 2.43 bits per heavy atom. The van der Waals surface area contributed by atoms with E-state index < -0.39 is 41.1 Å². The van der Waals surface area contributed by atoms with E-state index in [1.807, 2.05) is 0 Å². The molecule has 0 bridgehead atoms. The summed E-state index contributed by atoms with van der Waals surface area (Å²) >= 11 is 0. The van der Waals surface area contributed by atoms with Crippen LogP contribution < -0.4 is 10.6 Å². The molecular formula is C14H16F4N2O3. The molecule has 0 heterocycles. The maximum Gasteiger partial charge on any atom is 0.416 e. The van der Waals surface area contributed by atoms with E-state index in [-0.39, 0.29) is 13.0 Å². The van der Waals surface area contributed by atoms with Gasteiger partial charge < -0.3 is 15.7 Å². The first-order chi connectivity index (χ1) is 10.7. The predicted molar refractivity (Wildman–Crippen MR) is 74.0 cm³/mol. The normalized spacial score (nSPS) is 12.6. The van der Waals surface area contributed by atoms with Gasteiger partial charge in [0.25, 0.3) is 0 Å². The largest absolute Gasteiger partial charge is 0.416 e. The van der Waals surface area contributed by atoms with Gasteiger partial charge in [-0.3, -0.25) is 9.59 Å². The van der Waals surface area contributed by atoms with Gasteiger partial charge in [0, 0.05) is 12.6 Å². The van der Waals surface area contributed by atoms with E-state index in [1.165, 1.54) is 0 Å². The molecular weight excluding hydrogens is 320 g/mol. The summed E-state index contributed by atoms with van der Waals surface area (Å²) in [7, 11) is 0. The van der Waals surface area contributed by atoms with E-state index in [0.29, 0.717) is 24.6 Å². The number of halogens is 4. The molecule has 0 fully saturated rings. The van der Waals surface area contributed by atoms with Crippen molar-refractivity contribution in [2.24, 2.45) is 0 Å². The molecule has 0 radical (unpaired) electrons. The van der Waals surface area contributed by atoms with Crippen molar-refractivity contribution in [3.8, 4) is 0 Å². The second-order valence-electron chi connectivity index (χ2n) is 4.74. The number of amides is 2. The fourth-order valence-electron chi connectivity index (χ4n) is 1.76. The van der Waals surface area contributed by atoms with E-state index in [4.69, 9.17) is 5.11 Å². The number of hydrogen-bond acceptors (Lipinski definition) is 3.